The Hall–Kier alpha value is -0.610. The first-order valence-electron chi connectivity index (χ1n) is 5.71. The van der Waals surface area contributed by atoms with Gasteiger partial charge >= 0.3 is 0 Å². The van der Waals surface area contributed by atoms with Crippen LogP contribution in [0, 0.1) is 0 Å². The molecule has 88 valence electrons. The maximum atomic E-state index is 11.8. The Labute approximate surface area is 91.8 Å². The van der Waals surface area contributed by atoms with Gasteiger partial charge in [0.2, 0.25) is 5.91 Å². The second-order valence-electron chi connectivity index (χ2n) is 4.24. The zero-order valence-corrected chi connectivity index (χ0v) is 9.79. The molecule has 0 aliphatic carbocycles. The van der Waals surface area contributed by atoms with Gasteiger partial charge in [-0.15, -0.1) is 0 Å². The fourth-order valence-corrected chi connectivity index (χ4v) is 2.07. The normalized spacial score (nSPS) is 19.9. The van der Waals surface area contributed by atoms with Gasteiger partial charge in [0.1, 0.15) is 0 Å². The highest BCUT2D eigenvalue weighted by molar-refractivity contribution is 5.76. The van der Waals surface area contributed by atoms with E-state index in [1.54, 1.807) is 0 Å². The second-order valence-corrected chi connectivity index (χ2v) is 4.24. The minimum atomic E-state index is -0.162. The summed E-state index contributed by atoms with van der Waals surface area (Å²) >= 11 is 0. The van der Waals surface area contributed by atoms with Crippen LogP contribution in [0.1, 0.15) is 32.6 Å². The zero-order valence-electron chi connectivity index (χ0n) is 9.79. The number of amides is 1. The number of nitrogens with zero attached hydrogens (tertiary/aromatic N) is 1. The zero-order chi connectivity index (χ0) is 11.3. The van der Waals surface area contributed by atoms with Crippen LogP contribution < -0.4 is 5.73 Å². The van der Waals surface area contributed by atoms with Gasteiger partial charge in [-0.25, -0.2) is 0 Å². The van der Waals surface area contributed by atoms with Crippen molar-refractivity contribution in [2.24, 2.45) is 5.73 Å². The van der Waals surface area contributed by atoms with Gasteiger partial charge in [-0.1, -0.05) is 6.92 Å². The van der Waals surface area contributed by atoms with Crippen molar-refractivity contribution < 1.29 is 9.53 Å². The SMILES string of the molecule is CCCC(=O)N(C)C1(CN)CCOCC1. The number of ether oxygens (including phenoxy) is 1. The Balaban J connectivity index is 2.66. The lowest BCUT2D eigenvalue weighted by molar-refractivity contribution is -0.139. The Morgan fingerprint density at radius 1 is 1.47 bits per heavy atom. The van der Waals surface area contributed by atoms with E-state index in [4.69, 9.17) is 10.5 Å². The molecule has 1 aliphatic heterocycles. The molecule has 1 amide bonds. The van der Waals surface area contributed by atoms with E-state index in [9.17, 15) is 4.79 Å². The summed E-state index contributed by atoms with van der Waals surface area (Å²) in [6.45, 7) is 3.97. The largest absolute Gasteiger partial charge is 0.381 e. The molecular formula is C11H22N2O2. The Morgan fingerprint density at radius 3 is 2.53 bits per heavy atom. The highest BCUT2D eigenvalue weighted by Crippen LogP contribution is 2.26. The van der Waals surface area contributed by atoms with Gasteiger partial charge in [-0.3, -0.25) is 4.79 Å². The molecule has 0 aromatic rings. The van der Waals surface area contributed by atoms with Crippen LogP contribution in [0.4, 0.5) is 0 Å². The third kappa shape index (κ3) is 2.69. The Kier molecular flexibility index (Phi) is 4.54. The van der Waals surface area contributed by atoms with Gasteiger partial charge in [-0.05, 0) is 19.3 Å². The molecule has 4 nitrogen and oxygen atoms in total. The maximum Gasteiger partial charge on any atom is 0.222 e. The van der Waals surface area contributed by atoms with Crippen LogP contribution in [-0.4, -0.2) is 43.2 Å². The lowest BCUT2D eigenvalue weighted by atomic mass is 9.88. The van der Waals surface area contributed by atoms with E-state index >= 15 is 0 Å². The van der Waals surface area contributed by atoms with Crippen LogP contribution in [-0.2, 0) is 9.53 Å². The molecule has 1 fully saturated rings. The number of carbonyl (C=O) groups is 1. The number of likely N-dealkylation sites (N-methyl/N-ethyl adjacent to an activating group) is 1. The van der Waals surface area contributed by atoms with Crippen LogP contribution in [0.3, 0.4) is 0 Å². The maximum absolute atomic E-state index is 11.8. The van der Waals surface area contributed by atoms with Crippen molar-refractivity contribution in [3.8, 4) is 0 Å². The first-order valence-corrected chi connectivity index (χ1v) is 5.71. The highest BCUT2D eigenvalue weighted by Gasteiger charge is 2.37. The molecule has 15 heavy (non-hydrogen) atoms. The van der Waals surface area contributed by atoms with E-state index in [0.717, 1.165) is 19.3 Å². The molecule has 1 aliphatic rings. The van der Waals surface area contributed by atoms with Crippen molar-refractivity contribution in [2.75, 3.05) is 26.8 Å². The molecule has 0 saturated carbocycles. The van der Waals surface area contributed by atoms with Crippen LogP contribution in [0.5, 0.6) is 0 Å². The van der Waals surface area contributed by atoms with Gasteiger partial charge < -0.3 is 15.4 Å². The van der Waals surface area contributed by atoms with Crippen molar-refractivity contribution in [1.29, 1.82) is 0 Å². The van der Waals surface area contributed by atoms with Crippen molar-refractivity contribution in [2.45, 2.75) is 38.1 Å². The number of hydrogen-bond acceptors (Lipinski definition) is 3. The fourth-order valence-electron chi connectivity index (χ4n) is 2.07. The molecule has 0 aromatic heterocycles. The summed E-state index contributed by atoms with van der Waals surface area (Å²) in [6, 6.07) is 0. The van der Waals surface area contributed by atoms with Gasteiger partial charge in [0.15, 0.2) is 0 Å². The minimum Gasteiger partial charge on any atom is -0.381 e. The van der Waals surface area contributed by atoms with Crippen molar-refractivity contribution in [1.82, 2.24) is 4.90 Å². The van der Waals surface area contributed by atoms with E-state index in [1.807, 2.05) is 18.9 Å². The summed E-state index contributed by atoms with van der Waals surface area (Å²) in [5.41, 5.74) is 5.66. The molecular weight excluding hydrogens is 192 g/mol. The summed E-state index contributed by atoms with van der Waals surface area (Å²) in [6.07, 6.45) is 3.21. The molecule has 0 radical (unpaired) electrons. The Bertz CT molecular complexity index is 213. The van der Waals surface area contributed by atoms with Crippen molar-refractivity contribution in [3.05, 3.63) is 0 Å². The summed E-state index contributed by atoms with van der Waals surface area (Å²) < 4.78 is 5.32. The minimum absolute atomic E-state index is 0.162. The second kappa shape index (κ2) is 5.47. The molecule has 0 aromatic carbocycles. The standard InChI is InChI=1S/C11H22N2O2/c1-3-4-10(14)13(2)11(9-12)5-7-15-8-6-11/h3-9,12H2,1-2H3. The van der Waals surface area contributed by atoms with Gasteiger partial charge in [0.05, 0.1) is 5.54 Å². The number of carbonyl (C=O) groups excluding carboxylic acids is 1. The molecule has 0 bridgehead atoms. The van der Waals surface area contributed by atoms with Crippen molar-refractivity contribution in [3.63, 3.8) is 0 Å². The first kappa shape index (κ1) is 12.5. The summed E-state index contributed by atoms with van der Waals surface area (Å²) in [4.78, 5) is 13.7. The van der Waals surface area contributed by atoms with E-state index in [1.165, 1.54) is 0 Å². The van der Waals surface area contributed by atoms with Crippen LogP contribution in [0.25, 0.3) is 0 Å². The monoisotopic (exact) mass is 214 g/mol. The van der Waals surface area contributed by atoms with Crippen LogP contribution >= 0.6 is 0 Å². The fraction of sp³-hybridized carbons (Fsp3) is 0.909. The van der Waals surface area contributed by atoms with Crippen LogP contribution in [0.15, 0.2) is 0 Å². The van der Waals surface area contributed by atoms with E-state index < -0.39 is 0 Å². The van der Waals surface area contributed by atoms with Gasteiger partial charge in [0, 0.05) is 33.2 Å². The average Bonchev–Trinajstić information content (AvgIpc) is 2.29. The van der Waals surface area contributed by atoms with E-state index in [-0.39, 0.29) is 11.4 Å². The van der Waals surface area contributed by atoms with E-state index in [2.05, 4.69) is 0 Å². The first-order chi connectivity index (χ1) is 7.16. The topological polar surface area (TPSA) is 55.6 Å². The highest BCUT2D eigenvalue weighted by atomic mass is 16.5. The molecule has 0 spiro atoms. The molecule has 2 N–H and O–H groups in total. The molecule has 4 heteroatoms. The summed E-state index contributed by atoms with van der Waals surface area (Å²) in [7, 11) is 1.87. The van der Waals surface area contributed by atoms with Crippen LogP contribution in [0.2, 0.25) is 0 Å². The van der Waals surface area contributed by atoms with Gasteiger partial charge in [-0.2, -0.15) is 0 Å². The quantitative estimate of drug-likeness (QED) is 0.751. The molecule has 0 atom stereocenters. The molecule has 0 unspecified atom stereocenters. The smallest absolute Gasteiger partial charge is 0.222 e. The number of rotatable bonds is 4. The Morgan fingerprint density at radius 2 is 2.07 bits per heavy atom. The third-order valence-corrected chi connectivity index (χ3v) is 3.35. The lowest BCUT2D eigenvalue weighted by Crippen LogP contribution is -2.57. The predicted octanol–water partition coefficient (Wildman–Crippen LogP) is 0.753. The average molecular weight is 214 g/mol. The molecule has 1 saturated heterocycles. The molecule has 1 heterocycles. The third-order valence-electron chi connectivity index (χ3n) is 3.35. The number of nitrogens with two attached hydrogens (primary N) is 1. The van der Waals surface area contributed by atoms with Crippen molar-refractivity contribution >= 4 is 5.91 Å². The predicted molar refractivity (Wildman–Crippen MR) is 59.5 cm³/mol. The number of hydrogen-bond donors (Lipinski definition) is 1. The molecule has 1 rings (SSSR count). The summed E-state index contributed by atoms with van der Waals surface area (Å²) in [5, 5.41) is 0. The lowest BCUT2D eigenvalue weighted by Gasteiger charge is -2.43. The van der Waals surface area contributed by atoms with E-state index in [0.29, 0.717) is 26.2 Å². The van der Waals surface area contributed by atoms with Gasteiger partial charge in [0.25, 0.3) is 0 Å². The summed E-state index contributed by atoms with van der Waals surface area (Å²) in [5.74, 6) is 0.199.